The number of hydrogen-bond donors (Lipinski definition) is 0. The Kier molecular flexibility index (Phi) is 3.46. The Balaban J connectivity index is 3.28. The minimum absolute atomic E-state index is 0.266. The van der Waals surface area contributed by atoms with Gasteiger partial charge in [-0.3, -0.25) is 4.79 Å². The van der Waals surface area contributed by atoms with E-state index < -0.39 is 16.1 Å². The van der Waals surface area contributed by atoms with Crippen LogP contribution >= 0.6 is 0 Å². The summed E-state index contributed by atoms with van der Waals surface area (Å²) in [7, 11) is -3.24. The molecule has 0 spiro atoms. The molecule has 0 aromatic heterocycles. The second-order valence-electron chi connectivity index (χ2n) is 8.83. The standard InChI is InChI=1S/C15H30OSi2/c1-14(2,3)17(7,8)12-11(16)13(12)18(9,10)15(4,5)6/h1-10H3. The van der Waals surface area contributed by atoms with Gasteiger partial charge in [0.15, 0.2) is 5.43 Å². The second kappa shape index (κ2) is 3.92. The van der Waals surface area contributed by atoms with E-state index in [0.717, 1.165) is 0 Å². The zero-order valence-electron chi connectivity index (χ0n) is 13.9. The van der Waals surface area contributed by atoms with Crippen LogP contribution in [0.15, 0.2) is 4.79 Å². The van der Waals surface area contributed by atoms with Crippen LogP contribution in [0.4, 0.5) is 0 Å². The zero-order chi connectivity index (χ0) is 14.7. The van der Waals surface area contributed by atoms with Crippen molar-refractivity contribution in [3.05, 3.63) is 10.2 Å². The lowest BCUT2D eigenvalue weighted by Gasteiger charge is -2.38. The second-order valence-corrected chi connectivity index (χ2v) is 19.3. The SMILES string of the molecule is CC(C)(C)[Si](C)(C)c1c([Si](C)(C)C(C)(C)C)c1=O. The van der Waals surface area contributed by atoms with Gasteiger partial charge >= 0.3 is 0 Å². The van der Waals surface area contributed by atoms with Crippen molar-refractivity contribution < 1.29 is 0 Å². The predicted octanol–water partition coefficient (Wildman–Crippen LogP) is 3.35. The van der Waals surface area contributed by atoms with Crippen LogP contribution in [0.2, 0.25) is 36.3 Å². The lowest BCUT2D eigenvalue weighted by molar-refractivity contribution is 0.728. The van der Waals surface area contributed by atoms with Crippen molar-refractivity contribution in [2.75, 3.05) is 0 Å². The molecule has 0 saturated carbocycles. The molecule has 18 heavy (non-hydrogen) atoms. The first kappa shape index (κ1) is 15.9. The van der Waals surface area contributed by atoms with Crippen LogP contribution in [-0.4, -0.2) is 16.1 Å². The third kappa shape index (κ3) is 2.20. The van der Waals surface area contributed by atoms with Crippen LogP contribution in [-0.2, 0) is 0 Å². The highest BCUT2D eigenvalue weighted by Gasteiger charge is 2.52. The molecule has 0 N–H and O–H groups in total. The summed E-state index contributed by atoms with van der Waals surface area (Å²) in [5.41, 5.74) is 0.438. The van der Waals surface area contributed by atoms with E-state index in [4.69, 9.17) is 0 Å². The van der Waals surface area contributed by atoms with Gasteiger partial charge in [-0.05, 0) is 20.4 Å². The number of hydrogen-bond acceptors (Lipinski definition) is 1. The molecule has 3 heteroatoms. The van der Waals surface area contributed by atoms with Gasteiger partial charge in [0.1, 0.15) is 0 Å². The van der Waals surface area contributed by atoms with Gasteiger partial charge in [0, 0.05) is 0 Å². The normalized spacial score (nSPS) is 15.4. The molecule has 0 aliphatic heterocycles. The summed E-state index contributed by atoms with van der Waals surface area (Å²) < 4.78 is 0. The van der Waals surface area contributed by atoms with Crippen LogP contribution in [0.1, 0.15) is 41.5 Å². The van der Waals surface area contributed by atoms with Crippen molar-refractivity contribution >= 4 is 26.5 Å². The van der Waals surface area contributed by atoms with Crippen molar-refractivity contribution in [2.45, 2.75) is 77.8 Å². The summed E-state index contributed by atoms with van der Waals surface area (Å²) in [6, 6.07) is 0. The van der Waals surface area contributed by atoms with Crippen LogP contribution in [0.3, 0.4) is 0 Å². The molecule has 0 bridgehead atoms. The fourth-order valence-electron chi connectivity index (χ4n) is 2.11. The van der Waals surface area contributed by atoms with Crippen LogP contribution in [0.5, 0.6) is 0 Å². The van der Waals surface area contributed by atoms with Crippen LogP contribution in [0, 0.1) is 0 Å². The molecule has 0 amide bonds. The maximum Gasteiger partial charge on any atom is 0.177 e. The highest BCUT2D eigenvalue weighted by Crippen LogP contribution is 2.39. The van der Waals surface area contributed by atoms with Gasteiger partial charge < -0.3 is 0 Å². The molecule has 0 fully saturated rings. The van der Waals surface area contributed by atoms with Crippen molar-refractivity contribution in [3.8, 4) is 0 Å². The monoisotopic (exact) mass is 282 g/mol. The van der Waals surface area contributed by atoms with Crippen LogP contribution in [0.25, 0.3) is 0 Å². The molecule has 0 unspecified atom stereocenters. The van der Waals surface area contributed by atoms with Gasteiger partial charge in [0.2, 0.25) is 0 Å². The maximum atomic E-state index is 12.4. The fourth-order valence-corrected chi connectivity index (χ4v) is 8.35. The highest BCUT2D eigenvalue weighted by atomic mass is 28.3. The summed E-state index contributed by atoms with van der Waals surface area (Å²) in [6.07, 6.45) is 0. The molecule has 104 valence electrons. The maximum absolute atomic E-state index is 12.4. The first-order chi connectivity index (χ1) is 7.65. The lowest BCUT2D eigenvalue weighted by Crippen LogP contribution is -2.55. The van der Waals surface area contributed by atoms with Gasteiger partial charge in [0.05, 0.1) is 16.1 Å². The molecular formula is C15H30OSi2. The van der Waals surface area contributed by atoms with Gasteiger partial charge in [-0.15, -0.1) is 0 Å². The first-order valence-electron chi connectivity index (χ1n) is 6.95. The Hall–Kier alpha value is -0.156. The predicted molar refractivity (Wildman–Crippen MR) is 88.7 cm³/mol. The van der Waals surface area contributed by atoms with E-state index in [1.54, 1.807) is 0 Å². The Labute approximate surface area is 115 Å². The Bertz CT molecular complexity index is 419. The van der Waals surface area contributed by atoms with Gasteiger partial charge in [-0.25, -0.2) is 0 Å². The first-order valence-corrected chi connectivity index (χ1v) is 13.0. The molecule has 1 aromatic carbocycles. The molecule has 1 rings (SSSR count). The average Bonchev–Trinajstić information content (AvgIpc) is 2.73. The van der Waals surface area contributed by atoms with E-state index in [1.807, 2.05) is 0 Å². The molecular weight excluding hydrogens is 252 g/mol. The third-order valence-electron chi connectivity index (χ3n) is 5.64. The van der Waals surface area contributed by atoms with Gasteiger partial charge in [0.25, 0.3) is 0 Å². The van der Waals surface area contributed by atoms with Crippen molar-refractivity contribution in [1.82, 2.24) is 0 Å². The summed E-state index contributed by atoms with van der Waals surface area (Å²) >= 11 is 0. The Morgan fingerprint density at radius 3 is 1.06 bits per heavy atom. The summed E-state index contributed by atoms with van der Waals surface area (Å²) in [4.78, 5) is 12.4. The molecule has 0 saturated heterocycles. The topological polar surface area (TPSA) is 17.1 Å². The lowest BCUT2D eigenvalue weighted by atomic mass is 10.2. The summed E-state index contributed by atoms with van der Waals surface area (Å²) in [5.74, 6) is 0. The van der Waals surface area contributed by atoms with Crippen molar-refractivity contribution in [2.24, 2.45) is 0 Å². The zero-order valence-corrected chi connectivity index (χ0v) is 15.9. The summed E-state index contributed by atoms with van der Waals surface area (Å²) in [6.45, 7) is 23.2. The molecule has 1 aromatic rings. The van der Waals surface area contributed by atoms with E-state index in [1.165, 1.54) is 10.4 Å². The largest absolute Gasteiger partial charge is 0.290 e. The van der Waals surface area contributed by atoms with E-state index in [2.05, 4.69) is 67.7 Å². The van der Waals surface area contributed by atoms with E-state index in [-0.39, 0.29) is 10.1 Å². The quantitative estimate of drug-likeness (QED) is 0.760. The number of rotatable bonds is 2. The van der Waals surface area contributed by atoms with Crippen LogP contribution < -0.4 is 15.8 Å². The third-order valence-corrected chi connectivity index (χ3v) is 16.8. The molecule has 1 nitrogen and oxygen atoms in total. The molecule has 0 atom stereocenters. The summed E-state index contributed by atoms with van der Waals surface area (Å²) in [5, 5.41) is 3.09. The van der Waals surface area contributed by atoms with E-state index in [0.29, 0.717) is 5.43 Å². The van der Waals surface area contributed by atoms with Gasteiger partial charge in [-0.1, -0.05) is 67.7 Å². The van der Waals surface area contributed by atoms with E-state index in [9.17, 15) is 4.79 Å². The van der Waals surface area contributed by atoms with E-state index >= 15 is 0 Å². The van der Waals surface area contributed by atoms with Crippen molar-refractivity contribution in [3.63, 3.8) is 0 Å². The highest BCUT2D eigenvalue weighted by molar-refractivity contribution is 7.04. The minimum Gasteiger partial charge on any atom is -0.290 e. The molecule has 0 aliphatic rings. The smallest absolute Gasteiger partial charge is 0.177 e. The van der Waals surface area contributed by atoms with Gasteiger partial charge in [-0.2, -0.15) is 0 Å². The fraction of sp³-hybridized carbons (Fsp3) is 0.800. The Morgan fingerprint density at radius 2 is 0.889 bits per heavy atom. The van der Waals surface area contributed by atoms with Crippen molar-refractivity contribution in [1.29, 1.82) is 0 Å². The minimum atomic E-state index is -1.62. The molecule has 0 aliphatic carbocycles. The average molecular weight is 283 g/mol. The molecule has 0 heterocycles. The Morgan fingerprint density at radius 1 is 0.667 bits per heavy atom. The molecule has 0 radical (unpaired) electrons.